The first-order valence-corrected chi connectivity index (χ1v) is 6.74. The molecule has 1 unspecified atom stereocenters. The molecule has 0 aliphatic heterocycles. The highest BCUT2D eigenvalue weighted by Crippen LogP contribution is 2.08. The first-order valence-electron chi connectivity index (χ1n) is 6.74. The van der Waals surface area contributed by atoms with Crippen molar-refractivity contribution in [2.45, 2.75) is 39.7 Å². The smallest absolute Gasteiger partial charge is 0.246 e. The Balaban J connectivity index is 2.49. The Kier molecular flexibility index (Phi) is 6.30. The first-order chi connectivity index (χ1) is 9.02. The van der Waals surface area contributed by atoms with Crippen LogP contribution >= 0.6 is 0 Å². The van der Waals surface area contributed by atoms with Gasteiger partial charge in [0.15, 0.2) is 0 Å². The second-order valence-electron chi connectivity index (χ2n) is 4.84. The van der Waals surface area contributed by atoms with Crippen LogP contribution in [0, 0.1) is 6.92 Å². The van der Waals surface area contributed by atoms with Gasteiger partial charge in [-0.1, -0.05) is 36.8 Å². The highest BCUT2D eigenvalue weighted by atomic mass is 16.3. The molecule has 0 fully saturated rings. The number of rotatable bonds is 6. The summed E-state index contributed by atoms with van der Waals surface area (Å²) in [6.07, 6.45) is 2.85. The van der Waals surface area contributed by atoms with Gasteiger partial charge < -0.3 is 10.4 Å². The quantitative estimate of drug-likeness (QED) is 0.773. The lowest BCUT2D eigenvalue weighted by Crippen LogP contribution is -2.27. The van der Waals surface area contributed by atoms with E-state index in [-0.39, 0.29) is 12.0 Å². The molecule has 3 nitrogen and oxygen atoms in total. The summed E-state index contributed by atoms with van der Waals surface area (Å²) < 4.78 is 0. The third kappa shape index (κ3) is 5.71. The minimum atomic E-state index is -0.332. The Labute approximate surface area is 115 Å². The largest absolute Gasteiger partial charge is 0.393 e. The lowest BCUT2D eigenvalue weighted by atomic mass is 10.1. The van der Waals surface area contributed by atoms with Crippen molar-refractivity contribution in [2.24, 2.45) is 0 Å². The predicted molar refractivity (Wildman–Crippen MR) is 78.8 cm³/mol. The van der Waals surface area contributed by atoms with Gasteiger partial charge in [-0.2, -0.15) is 0 Å². The van der Waals surface area contributed by atoms with Gasteiger partial charge in [0, 0.05) is 12.1 Å². The summed E-state index contributed by atoms with van der Waals surface area (Å²) >= 11 is 0. The van der Waals surface area contributed by atoms with Crippen molar-refractivity contribution in [2.75, 3.05) is 6.54 Å². The van der Waals surface area contributed by atoms with Gasteiger partial charge in [0.1, 0.15) is 0 Å². The standard InChI is InChI=1S/C16H23NO2/c1-4-15(18)9-10-17-16(19)13(3)11-14-7-5-12(2)6-8-14/h5-8,11,15,18H,4,9-10H2,1-3H3,(H,17,19)/b13-11+. The molecule has 0 heterocycles. The zero-order chi connectivity index (χ0) is 14.3. The van der Waals surface area contributed by atoms with E-state index < -0.39 is 0 Å². The average Bonchev–Trinajstić information content (AvgIpc) is 2.40. The fourth-order valence-corrected chi connectivity index (χ4v) is 1.67. The van der Waals surface area contributed by atoms with Crippen molar-refractivity contribution < 1.29 is 9.90 Å². The topological polar surface area (TPSA) is 49.3 Å². The van der Waals surface area contributed by atoms with Gasteiger partial charge in [-0.15, -0.1) is 0 Å². The fourth-order valence-electron chi connectivity index (χ4n) is 1.67. The Morgan fingerprint density at radius 1 is 1.37 bits per heavy atom. The molecule has 1 rings (SSSR count). The van der Waals surface area contributed by atoms with E-state index in [2.05, 4.69) is 5.32 Å². The highest BCUT2D eigenvalue weighted by molar-refractivity contribution is 5.97. The van der Waals surface area contributed by atoms with E-state index >= 15 is 0 Å². The van der Waals surface area contributed by atoms with Crippen LogP contribution in [0.4, 0.5) is 0 Å². The van der Waals surface area contributed by atoms with Gasteiger partial charge in [-0.05, 0) is 38.3 Å². The van der Waals surface area contributed by atoms with Crippen LogP contribution < -0.4 is 5.32 Å². The molecule has 19 heavy (non-hydrogen) atoms. The number of hydrogen-bond donors (Lipinski definition) is 2. The maximum atomic E-state index is 11.8. The number of aryl methyl sites for hydroxylation is 1. The van der Waals surface area contributed by atoms with Gasteiger partial charge in [0.2, 0.25) is 5.91 Å². The molecule has 2 N–H and O–H groups in total. The van der Waals surface area contributed by atoms with E-state index in [1.165, 1.54) is 5.56 Å². The van der Waals surface area contributed by atoms with E-state index in [1.807, 2.05) is 44.2 Å². The monoisotopic (exact) mass is 261 g/mol. The van der Waals surface area contributed by atoms with Crippen molar-refractivity contribution in [3.63, 3.8) is 0 Å². The molecule has 0 saturated carbocycles. The molecular weight excluding hydrogens is 238 g/mol. The summed E-state index contributed by atoms with van der Waals surface area (Å²) in [4.78, 5) is 11.8. The number of nitrogens with one attached hydrogen (secondary N) is 1. The van der Waals surface area contributed by atoms with Crippen LogP contribution in [0.2, 0.25) is 0 Å². The molecule has 3 heteroatoms. The lowest BCUT2D eigenvalue weighted by Gasteiger charge is -2.09. The number of carbonyl (C=O) groups excluding carboxylic acids is 1. The molecule has 1 aromatic rings. The minimum absolute atomic E-state index is 0.0797. The summed E-state index contributed by atoms with van der Waals surface area (Å²) in [6.45, 7) is 6.26. The number of amides is 1. The van der Waals surface area contributed by atoms with Crippen LogP contribution in [-0.4, -0.2) is 23.7 Å². The minimum Gasteiger partial charge on any atom is -0.393 e. The summed E-state index contributed by atoms with van der Waals surface area (Å²) in [5.41, 5.74) is 2.90. The molecule has 0 saturated heterocycles. The zero-order valence-electron chi connectivity index (χ0n) is 11.9. The van der Waals surface area contributed by atoms with Crippen molar-refractivity contribution in [1.29, 1.82) is 0 Å². The van der Waals surface area contributed by atoms with Crippen LogP contribution in [0.1, 0.15) is 37.8 Å². The van der Waals surface area contributed by atoms with Crippen molar-refractivity contribution in [1.82, 2.24) is 5.32 Å². The van der Waals surface area contributed by atoms with Crippen LogP contribution in [-0.2, 0) is 4.79 Å². The maximum absolute atomic E-state index is 11.8. The third-order valence-electron chi connectivity index (χ3n) is 3.05. The van der Waals surface area contributed by atoms with Crippen molar-refractivity contribution in [3.8, 4) is 0 Å². The van der Waals surface area contributed by atoms with Crippen molar-refractivity contribution in [3.05, 3.63) is 41.0 Å². The number of carbonyl (C=O) groups is 1. The Bertz CT molecular complexity index is 435. The molecule has 0 bridgehead atoms. The van der Waals surface area contributed by atoms with Crippen LogP contribution in [0.3, 0.4) is 0 Å². The van der Waals surface area contributed by atoms with Crippen LogP contribution in [0.15, 0.2) is 29.8 Å². The molecule has 1 atom stereocenters. The molecule has 0 aliphatic carbocycles. The van der Waals surface area contributed by atoms with Gasteiger partial charge in [-0.25, -0.2) is 0 Å². The second-order valence-corrected chi connectivity index (χ2v) is 4.84. The third-order valence-corrected chi connectivity index (χ3v) is 3.05. The highest BCUT2D eigenvalue weighted by Gasteiger charge is 2.05. The SMILES string of the molecule is CCC(O)CCNC(=O)/C(C)=C/c1ccc(C)cc1. The van der Waals surface area contributed by atoms with Gasteiger partial charge in [-0.3, -0.25) is 4.79 Å². The van der Waals surface area contributed by atoms with E-state index in [4.69, 9.17) is 0 Å². The molecule has 0 aromatic heterocycles. The number of aliphatic hydroxyl groups is 1. The molecule has 1 amide bonds. The molecular formula is C16H23NO2. The summed E-state index contributed by atoms with van der Waals surface area (Å²) in [5.74, 6) is -0.0797. The summed E-state index contributed by atoms with van der Waals surface area (Å²) in [7, 11) is 0. The van der Waals surface area contributed by atoms with E-state index in [0.29, 0.717) is 25.0 Å². The van der Waals surface area contributed by atoms with E-state index in [0.717, 1.165) is 5.56 Å². The number of aliphatic hydroxyl groups excluding tert-OH is 1. The Hall–Kier alpha value is -1.61. The average molecular weight is 261 g/mol. The van der Waals surface area contributed by atoms with Crippen molar-refractivity contribution >= 4 is 12.0 Å². The zero-order valence-corrected chi connectivity index (χ0v) is 11.9. The molecule has 1 aromatic carbocycles. The normalized spacial score (nSPS) is 13.2. The van der Waals surface area contributed by atoms with Gasteiger partial charge in [0.05, 0.1) is 6.10 Å². The summed E-state index contributed by atoms with van der Waals surface area (Å²) in [5, 5.41) is 12.2. The number of benzene rings is 1. The van der Waals surface area contributed by atoms with E-state index in [9.17, 15) is 9.90 Å². The number of hydrogen-bond acceptors (Lipinski definition) is 2. The van der Waals surface area contributed by atoms with Gasteiger partial charge in [0.25, 0.3) is 0 Å². The fraction of sp³-hybridized carbons (Fsp3) is 0.438. The second kappa shape index (κ2) is 7.74. The van der Waals surface area contributed by atoms with Gasteiger partial charge >= 0.3 is 0 Å². The molecule has 0 aliphatic rings. The first kappa shape index (κ1) is 15.4. The van der Waals surface area contributed by atoms with Crippen LogP contribution in [0.5, 0.6) is 0 Å². The Morgan fingerprint density at radius 2 is 2.00 bits per heavy atom. The molecule has 0 radical (unpaired) electrons. The lowest BCUT2D eigenvalue weighted by molar-refractivity contribution is -0.117. The van der Waals surface area contributed by atoms with Crippen LogP contribution in [0.25, 0.3) is 6.08 Å². The summed E-state index contributed by atoms with van der Waals surface area (Å²) in [6, 6.07) is 8.03. The molecule has 104 valence electrons. The predicted octanol–water partition coefficient (Wildman–Crippen LogP) is 2.68. The molecule has 0 spiro atoms. The van der Waals surface area contributed by atoms with E-state index in [1.54, 1.807) is 6.92 Å². The Morgan fingerprint density at radius 3 is 2.58 bits per heavy atom. The maximum Gasteiger partial charge on any atom is 0.246 e.